The van der Waals surface area contributed by atoms with Crippen molar-refractivity contribution in [2.75, 3.05) is 0 Å². The van der Waals surface area contributed by atoms with Crippen LogP contribution in [0.2, 0.25) is 0 Å². The Kier molecular flexibility index (Phi) is 4.10. The molecule has 2 aromatic rings. The quantitative estimate of drug-likeness (QED) is 0.796. The number of alkyl halides is 1. The Labute approximate surface area is 113 Å². The molecule has 2 heteroatoms. The minimum Gasteiger partial charge on any atom is -0.296 e. The van der Waals surface area contributed by atoms with Crippen LogP contribution in [0, 0.1) is 0 Å². The number of carbonyl (C=O) groups excluding carboxylic acids is 1. The maximum atomic E-state index is 14.9. The first kappa shape index (κ1) is 13.5. The number of ketones is 1. The average Bonchev–Trinajstić information content (AvgIpc) is 2.40. The zero-order valence-electron chi connectivity index (χ0n) is 11.0. The molecule has 0 aromatic heterocycles. The maximum absolute atomic E-state index is 14.9. The van der Waals surface area contributed by atoms with Gasteiger partial charge in [0.25, 0.3) is 0 Å². The number of benzene rings is 2. The average molecular weight is 256 g/mol. The highest BCUT2D eigenvalue weighted by Crippen LogP contribution is 2.24. The van der Waals surface area contributed by atoms with Gasteiger partial charge in [-0.2, -0.15) is 0 Å². The Morgan fingerprint density at radius 1 is 0.895 bits per heavy atom. The number of hydrogen-bond acceptors (Lipinski definition) is 1. The molecule has 0 spiro atoms. The molecule has 19 heavy (non-hydrogen) atoms. The van der Waals surface area contributed by atoms with Crippen LogP contribution in [0.4, 0.5) is 4.39 Å². The minimum absolute atomic E-state index is 0.123. The molecule has 0 N–H and O–H groups in total. The molecule has 0 fully saturated rings. The molecule has 1 nitrogen and oxygen atoms in total. The van der Waals surface area contributed by atoms with Crippen molar-refractivity contribution in [3.8, 4) is 0 Å². The molecule has 0 atom stereocenters. The molecule has 2 rings (SSSR count). The van der Waals surface area contributed by atoms with Gasteiger partial charge >= 0.3 is 0 Å². The fraction of sp³-hybridized carbons (Fsp3) is 0.235. The molecule has 0 bridgehead atoms. The van der Waals surface area contributed by atoms with Gasteiger partial charge in [-0.15, -0.1) is 0 Å². The minimum atomic E-state index is -1.83. The highest BCUT2D eigenvalue weighted by molar-refractivity contribution is 5.85. The predicted octanol–water partition coefficient (Wildman–Crippen LogP) is 3.77. The van der Waals surface area contributed by atoms with E-state index in [9.17, 15) is 9.18 Å². The topological polar surface area (TPSA) is 17.1 Å². The standard InChI is InChI=1S/C17H17FO/c1-14(19)17(18,12-15-8-4-2-5-9-15)13-16-10-6-3-7-11-16/h2-11H,12-13H2,1H3. The van der Waals surface area contributed by atoms with E-state index >= 15 is 0 Å². The van der Waals surface area contributed by atoms with Crippen LogP contribution >= 0.6 is 0 Å². The lowest BCUT2D eigenvalue weighted by Crippen LogP contribution is -2.37. The summed E-state index contributed by atoms with van der Waals surface area (Å²) < 4.78 is 14.9. The van der Waals surface area contributed by atoms with Gasteiger partial charge in [0.05, 0.1) is 0 Å². The van der Waals surface area contributed by atoms with Gasteiger partial charge in [0.15, 0.2) is 11.5 Å². The Balaban J connectivity index is 2.21. The van der Waals surface area contributed by atoms with E-state index in [4.69, 9.17) is 0 Å². The third-order valence-electron chi connectivity index (χ3n) is 3.29. The largest absolute Gasteiger partial charge is 0.296 e. The summed E-state index contributed by atoms with van der Waals surface area (Å²) in [5.41, 5.74) is -0.143. The highest BCUT2D eigenvalue weighted by atomic mass is 19.1. The number of carbonyl (C=O) groups is 1. The van der Waals surface area contributed by atoms with Gasteiger partial charge in [-0.1, -0.05) is 60.7 Å². The number of halogens is 1. The van der Waals surface area contributed by atoms with Crippen LogP contribution in [0.25, 0.3) is 0 Å². The van der Waals surface area contributed by atoms with Gasteiger partial charge < -0.3 is 0 Å². The van der Waals surface area contributed by atoms with Crippen LogP contribution in [0.15, 0.2) is 60.7 Å². The highest BCUT2D eigenvalue weighted by Gasteiger charge is 2.35. The van der Waals surface area contributed by atoms with Crippen molar-refractivity contribution in [2.24, 2.45) is 0 Å². The van der Waals surface area contributed by atoms with E-state index < -0.39 is 11.5 Å². The summed E-state index contributed by atoms with van der Waals surface area (Å²) in [4.78, 5) is 11.7. The van der Waals surface area contributed by atoms with Crippen molar-refractivity contribution in [1.82, 2.24) is 0 Å². The SMILES string of the molecule is CC(=O)C(F)(Cc1ccccc1)Cc1ccccc1. The van der Waals surface area contributed by atoms with Crippen LogP contribution in [-0.2, 0) is 17.6 Å². The third-order valence-corrected chi connectivity index (χ3v) is 3.29. The summed E-state index contributed by atoms with van der Waals surface area (Å²) in [6.07, 6.45) is 0.246. The third kappa shape index (κ3) is 3.50. The van der Waals surface area contributed by atoms with Crippen LogP contribution in [0.1, 0.15) is 18.1 Å². The first-order valence-corrected chi connectivity index (χ1v) is 6.38. The van der Waals surface area contributed by atoms with Crippen LogP contribution in [0.5, 0.6) is 0 Å². The van der Waals surface area contributed by atoms with Crippen molar-refractivity contribution in [2.45, 2.75) is 25.4 Å². The fourth-order valence-electron chi connectivity index (χ4n) is 2.15. The van der Waals surface area contributed by atoms with E-state index in [0.717, 1.165) is 11.1 Å². The van der Waals surface area contributed by atoms with E-state index in [2.05, 4.69) is 0 Å². The lowest BCUT2D eigenvalue weighted by atomic mass is 9.87. The van der Waals surface area contributed by atoms with Crippen LogP contribution < -0.4 is 0 Å². The van der Waals surface area contributed by atoms with Gasteiger partial charge in [0.2, 0.25) is 0 Å². The van der Waals surface area contributed by atoms with Crippen LogP contribution in [0.3, 0.4) is 0 Å². The van der Waals surface area contributed by atoms with Crippen molar-refractivity contribution in [1.29, 1.82) is 0 Å². The summed E-state index contributed by atoms with van der Waals surface area (Å²) in [6.45, 7) is 1.33. The second-order valence-electron chi connectivity index (χ2n) is 4.85. The van der Waals surface area contributed by atoms with E-state index in [0.29, 0.717) is 0 Å². The first-order chi connectivity index (χ1) is 9.10. The number of rotatable bonds is 5. The molecule has 0 radical (unpaired) electrons. The van der Waals surface area contributed by atoms with Crippen molar-refractivity contribution >= 4 is 5.78 Å². The molecule has 0 saturated carbocycles. The Hall–Kier alpha value is -1.96. The number of Topliss-reactive ketones (excluding diaryl/α,β-unsaturated/α-hetero) is 1. The smallest absolute Gasteiger partial charge is 0.176 e. The molecule has 0 aliphatic rings. The van der Waals surface area contributed by atoms with Gasteiger partial charge in [0, 0.05) is 12.8 Å². The molecule has 0 saturated heterocycles. The van der Waals surface area contributed by atoms with Gasteiger partial charge in [-0.3, -0.25) is 4.79 Å². The lowest BCUT2D eigenvalue weighted by molar-refractivity contribution is -0.128. The molecule has 0 heterocycles. The molecule has 0 aliphatic heterocycles. The van der Waals surface area contributed by atoms with Gasteiger partial charge in [-0.25, -0.2) is 4.39 Å². The van der Waals surface area contributed by atoms with E-state index in [1.807, 2.05) is 60.7 Å². The van der Waals surface area contributed by atoms with E-state index in [1.54, 1.807) is 0 Å². The second-order valence-corrected chi connectivity index (χ2v) is 4.85. The molecule has 98 valence electrons. The summed E-state index contributed by atoms with van der Waals surface area (Å²) >= 11 is 0. The van der Waals surface area contributed by atoms with Crippen molar-refractivity contribution in [3.05, 3.63) is 71.8 Å². The Bertz CT molecular complexity index is 492. The summed E-state index contributed by atoms with van der Waals surface area (Å²) in [5.74, 6) is -0.416. The maximum Gasteiger partial charge on any atom is 0.176 e. The summed E-state index contributed by atoms with van der Waals surface area (Å²) in [7, 11) is 0. The lowest BCUT2D eigenvalue weighted by Gasteiger charge is -2.22. The zero-order chi connectivity index (χ0) is 13.7. The van der Waals surface area contributed by atoms with Gasteiger partial charge in [-0.05, 0) is 18.1 Å². The van der Waals surface area contributed by atoms with Crippen molar-refractivity contribution in [3.63, 3.8) is 0 Å². The summed E-state index contributed by atoms with van der Waals surface area (Å²) in [5, 5.41) is 0. The van der Waals surface area contributed by atoms with Crippen LogP contribution in [-0.4, -0.2) is 11.5 Å². The molecule has 0 unspecified atom stereocenters. The van der Waals surface area contributed by atoms with Gasteiger partial charge in [0.1, 0.15) is 0 Å². The molecule has 0 amide bonds. The first-order valence-electron chi connectivity index (χ1n) is 6.38. The summed E-state index contributed by atoms with van der Waals surface area (Å²) in [6, 6.07) is 18.6. The molecular weight excluding hydrogens is 239 g/mol. The van der Waals surface area contributed by atoms with E-state index in [1.165, 1.54) is 6.92 Å². The fourth-order valence-corrected chi connectivity index (χ4v) is 2.15. The number of hydrogen-bond donors (Lipinski definition) is 0. The Morgan fingerprint density at radius 3 is 1.58 bits per heavy atom. The molecule has 2 aromatic carbocycles. The van der Waals surface area contributed by atoms with Crippen molar-refractivity contribution < 1.29 is 9.18 Å². The predicted molar refractivity (Wildman–Crippen MR) is 74.8 cm³/mol. The normalized spacial score (nSPS) is 11.3. The molecular formula is C17H17FO. The van der Waals surface area contributed by atoms with E-state index in [-0.39, 0.29) is 12.8 Å². The monoisotopic (exact) mass is 256 g/mol. The Morgan fingerprint density at radius 2 is 1.26 bits per heavy atom. The second kappa shape index (κ2) is 5.79. The zero-order valence-corrected chi connectivity index (χ0v) is 11.0. The molecule has 0 aliphatic carbocycles.